The lowest BCUT2D eigenvalue weighted by Crippen LogP contribution is -2.39. The molecule has 0 bridgehead atoms. The van der Waals surface area contributed by atoms with Crippen molar-refractivity contribution < 1.29 is 0 Å². The van der Waals surface area contributed by atoms with E-state index in [0.717, 1.165) is 12.1 Å². The van der Waals surface area contributed by atoms with Gasteiger partial charge in [0, 0.05) is 25.2 Å². The van der Waals surface area contributed by atoms with Crippen molar-refractivity contribution in [3.63, 3.8) is 0 Å². The highest BCUT2D eigenvalue weighted by atomic mass is 15.2. The summed E-state index contributed by atoms with van der Waals surface area (Å²) in [6, 6.07) is 1.77. The van der Waals surface area contributed by atoms with Gasteiger partial charge >= 0.3 is 0 Å². The van der Waals surface area contributed by atoms with Gasteiger partial charge in [0.2, 0.25) is 0 Å². The summed E-state index contributed by atoms with van der Waals surface area (Å²) in [4.78, 5) is 2.72. The van der Waals surface area contributed by atoms with Crippen molar-refractivity contribution >= 4 is 0 Å². The van der Waals surface area contributed by atoms with E-state index in [-0.39, 0.29) is 0 Å². The van der Waals surface area contributed by atoms with Crippen LogP contribution in [-0.4, -0.2) is 36.6 Å². The third-order valence-corrected chi connectivity index (χ3v) is 4.30. The minimum absolute atomic E-state index is 0.830. The first-order valence-electron chi connectivity index (χ1n) is 7.87. The molecule has 0 atom stereocenters. The van der Waals surface area contributed by atoms with Gasteiger partial charge in [0.15, 0.2) is 0 Å². The molecule has 2 aliphatic rings. The van der Waals surface area contributed by atoms with Crippen LogP contribution >= 0.6 is 0 Å². The van der Waals surface area contributed by atoms with E-state index in [0.29, 0.717) is 0 Å². The van der Waals surface area contributed by atoms with E-state index in [4.69, 9.17) is 0 Å². The van der Waals surface area contributed by atoms with Crippen molar-refractivity contribution in [3.8, 4) is 0 Å². The Labute approximate surface area is 107 Å². The fraction of sp³-hybridized carbons (Fsp3) is 1.00. The van der Waals surface area contributed by atoms with Crippen LogP contribution in [0, 0.1) is 0 Å². The van der Waals surface area contributed by atoms with Crippen molar-refractivity contribution in [2.75, 3.05) is 19.6 Å². The molecule has 17 heavy (non-hydrogen) atoms. The normalized spacial score (nSPS) is 22.2. The van der Waals surface area contributed by atoms with Gasteiger partial charge in [0.05, 0.1) is 0 Å². The summed E-state index contributed by atoms with van der Waals surface area (Å²) in [6.45, 7) is 6.12. The summed E-state index contributed by atoms with van der Waals surface area (Å²) in [5, 5.41) is 3.77. The molecule has 2 fully saturated rings. The number of hydrogen-bond donors (Lipinski definition) is 1. The van der Waals surface area contributed by atoms with E-state index in [1.165, 1.54) is 77.4 Å². The molecule has 0 amide bonds. The maximum absolute atomic E-state index is 3.77. The largest absolute Gasteiger partial charge is 0.313 e. The van der Waals surface area contributed by atoms with Crippen molar-refractivity contribution in [1.29, 1.82) is 0 Å². The Kier molecular flexibility index (Phi) is 5.79. The lowest BCUT2D eigenvalue weighted by Gasteiger charge is -2.26. The highest BCUT2D eigenvalue weighted by Crippen LogP contribution is 2.26. The Balaban J connectivity index is 1.57. The molecule has 2 rings (SSSR count). The quantitative estimate of drug-likeness (QED) is 0.699. The van der Waals surface area contributed by atoms with Gasteiger partial charge in [0.25, 0.3) is 0 Å². The van der Waals surface area contributed by atoms with E-state index >= 15 is 0 Å². The second-order valence-corrected chi connectivity index (χ2v) is 5.91. The molecular formula is C15H30N2. The number of unbranched alkanes of at least 4 members (excludes halogenated alkanes) is 1. The smallest absolute Gasteiger partial charge is 0.0110 e. The maximum Gasteiger partial charge on any atom is 0.0110 e. The standard InChI is InChI=1S/C15H30N2/c1-2-3-12-17(15-9-10-15)13-11-16-14-7-5-4-6-8-14/h14-16H,2-13H2,1H3. The zero-order valence-corrected chi connectivity index (χ0v) is 11.6. The number of rotatable bonds is 8. The number of nitrogens with zero attached hydrogens (tertiary/aromatic N) is 1. The summed E-state index contributed by atoms with van der Waals surface area (Å²) in [6.07, 6.45) is 12.8. The van der Waals surface area contributed by atoms with Crippen LogP contribution in [0.5, 0.6) is 0 Å². The third kappa shape index (κ3) is 4.97. The molecule has 0 radical (unpaired) electrons. The van der Waals surface area contributed by atoms with Crippen LogP contribution in [0.3, 0.4) is 0 Å². The monoisotopic (exact) mass is 238 g/mol. The second kappa shape index (κ2) is 7.38. The van der Waals surface area contributed by atoms with Crippen molar-refractivity contribution in [2.45, 2.75) is 76.8 Å². The summed E-state index contributed by atoms with van der Waals surface area (Å²) < 4.78 is 0. The average molecular weight is 238 g/mol. The molecule has 0 saturated heterocycles. The Bertz CT molecular complexity index is 195. The fourth-order valence-electron chi connectivity index (χ4n) is 3.00. The highest BCUT2D eigenvalue weighted by molar-refractivity contribution is 4.85. The zero-order chi connectivity index (χ0) is 11.9. The van der Waals surface area contributed by atoms with E-state index in [1.807, 2.05) is 0 Å². The van der Waals surface area contributed by atoms with Crippen LogP contribution in [0.15, 0.2) is 0 Å². The highest BCUT2D eigenvalue weighted by Gasteiger charge is 2.28. The molecule has 0 unspecified atom stereocenters. The molecule has 0 spiro atoms. The molecule has 0 aliphatic heterocycles. The molecule has 1 N–H and O–H groups in total. The van der Waals surface area contributed by atoms with E-state index in [1.54, 1.807) is 0 Å². The van der Waals surface area contributed by atoms with Crippen LogP contribution in [0.4, 0.5) is 0 Å². The number of hydrogen-bond acceptors (Lipinski definition) is 2. The van der Waals surface area contributed by atoms with Crippen molar-refractivity contribution in [3.05, 3.63) is 0 Å². The summed E-state index contributed by atoms with van der Waals surface area (Å²) in [5.41, 5.74) is 0. The Morgan fingerprint density at radius 3 is 2.41 bits per heavy atom. The third-order valence-electron chi connectivity index (χ3n) is 4.30. The molecule has 0 aromatic carbocycles. The minimum Gasteiger partial charge on any atom is -0.313 e. The van der Waals surface area contributed by atoms with Gasteiger partial charge in [-0.1, -0.05) is 32.6 Å². The van der Waals surface area contributed by atoms with Crippen LogP contribution in [0.2, 0.25) is 0 Å². The van der Waals surface area contributed by atoms with Crippen LogP contribution in [0.1, 0.15) is 64.7 Å². The van der Waals surface area contributed by atoms with Gasteiger partial charge in [-0.15, -0.1) is 0 Å². The van der Waals surface area contributed by atoms with E-state index < -0.39 is 0 Å². The summed E-state index contributed by atoms with van der Waals surface area (Å²) >= 11 is 0. The molecule has 100 valence electrons. The first-order chi connectivity index (χ1) is 8.40. The number of nitrogens with one attached hydrogen (secondary N) is 1. The molecular weight excluding hydrogens is 208 g/mol. The topological polar surface area (TPSA) is 15.3 Å². The van der Waals surface area contributed by atoms with Gasteiger partial charge < -0.3 is 5.32 Å². The second-order valence-electron chi connectivity index (χ2n) is 5.91. The van der Waals surface area contributed by atoms with Gasteiger partial charge in [-0.3, -0.25) is 4.90 Å². The molecule has 0 aromatic heterocycles. The fourth-order valence-corrected chi connectivity index (χ4v) is 3.00. The van der Waals surface area contributed by atoms with Gasteiger partial charge in [-0.05, 0) is 38.6 Å². The predicted molar refractivity (Wildman–Crippen MR) is 74.4 cm³/mol. The molecule has 2 aliphatic carbocycles. The minimum atomic E-state index is 0.830. The molecule has 0 aromatic rings. The van der Waals surface area contributed by atoms with Gasteiger partial charge in [-0.25, -0.2) is 0 Å². The van der Waals surface area contributed by atoms with Gasteiger partial charge in [-0.2, -0.15) is 0 Å². The molecule has 2 nitrogen and oxygen atoms in total. The Hall–Kier alpha value is -0.0800. The Morgan fingerprint density at radius 1 is 1.00 bits per heavy atom. The van der Waals surface area contributed by atoms with E-state index in [2.05, 4.69) is 17.1 Å². The van der Waals surface area contributed by atoms with Gasteiger partial charge in [0.1, 0.15) is 0 Å². The zero-order valence-electron chi connectivity index (χ0n) is 11.6. The first-order valence-corrected chi connectivity index (χ1v) is 7.87. The SMILES string of the molecule is CCCCN(CCNC1CCCCC1)C1CC1. The van der Waals surface area contributed by atoms with Crippen LogP contribution in [0.25, 0.3) is 0 Å². The lowest BCUT2D eigenvalue weighted by atomic mass is 9.95. The Morgan fingerprint density at radius 2 is 1.76 bits per heavy atom. The van der Waals surface area contributed by atoms with E-state index in [9.17, 15) is 0 Å². The first kappa shape index (κ1) is 13.4. The summed E-state index contributed by atoms with van der Waals surface area (Å²) in [5.74, 6) is 0. The predicted octanol–water partition coefficient (Wildman–Crippen LogP) is 3.17. The molecule has 2 heteroatoms. The van der Waals surface area contributed by atoms with Crippen molar-refractivity contribution in [2.24, 2.45) is 0 Å². The maximum atomic E-state index is 3.77. The summed E-state index contributed by atoms with van der Waals surface area (Å²) in [7, 11) is 0. The molecule has 0 heterocycles. The van der Waals surface area contributed by atoms with Crippen LogP contribution in [-0.2, 0) is 0 Å². The molecule has 2 saturated carbocycles. The van der Waals surface area contributed by atoms with Crippen LogP contribution < -0.4 is 5.32 Å². The lowest BCUT2D eigenvalue weighted by molar-refractivity contribution is 0.249. The van der Waals surface area contributed by atoms with Crippen molar-refractivity contribution in [1.82, 2.24) is 10.2 Å². The average Bonchev–Trinajstić information content (AvgIpc) is 3.19.